The van der Waals surface area contributed by atoms with Crippen molar-refractivity contribution in [3.05, 3.63) is 121 Å². The zero-order chi connectivity index (χ0) is 30.1. The predicted octanol–water partition coefficient (Wildman–Crippen LogP) is 10.3. The number of hydrogen-bond donors (Lipinski definition) is 0. The largest absolute Gasteiger partial charge is 0.119 e. The predicted molar refractivity (Wildman–Crippen MR) is 208 cm³/mol. The molecule has 4 aromatic carbocycles. The lowest BCUT2D eigenvalue weighted by atomic mass is 10.0. The van der Waals surface area contributed by atoms with Gasteiger partial charge in [0.1, 0.15) is 0 Å². The van der Waals surface area contributed by atoms with Gasteiger partial charge in [-0.05, 0) is 98.7 Å². The average molecular weight is 657 g/mol. The Morgan fingerprint density at radius 2 is 0.659 bits per heavy atom. The number of rotatable bonds is 12. The molecule has 2 atom stereocenters. The van der Waals surface area contributed by atoms with Crippen LogP contribution in [0.25, 0.3) is 0 Å². The van der Waals surface area contributed by atoms with E-state index in [4.69, 9.17) is 0 Å². The highest BCUT2D eigenvalue weighted by Gasteiger charge is 2.19. The minimum Gasteiger partial charge on any atom is -0.119 e. The summed E-state index contributed by atoms with van der Waals surface area (Å²) in [5.41, 5.74) is 2.29. The van der Waals surface area contributed by atoms with Crippen LogP contribution in [0.5, 0.6) is 0 Å². The molecule has 0 nitrogen and oxygen atoms in total. The topological polar surface area (TPSA) is 0 Å². The monoisotopic (exact) mass is 656 g/mol. The lowest BCUT2D eigenvalue weighted by Crippen LogP contribution is -2.19. The molecule has 44 heavy (non-hydrogen) atoms. The summed E-state index contributed by atoms with van der Waals surface area (Å²) in [6.07, 6.45) is 21.0. The molecule has 0 amide bonds. The van der Waals surface area contributed by atoms with Gasteiger partial charge in [0.15, 0.2) is 0 Å². The van der Waals surface area contributed by atoms with E-state index >= 15 is 0 Å². The molecule has 2 aliphatic rings. The van der Waals surface area contributed by atoms with Crippen molar-refractivity contribution in [2.24, 2.45) is 0 Å². The van der Waals surface area contributed by atoms with Gasteiger partial charge in [0.2, 0.25) is 0 Å². The Bertz CT molecular complexity index is 1090. The van der Waals surface area contributed by atoms with Crippen LogP contribution in [0.2, 0.25) is 0 Å². The second kappa shape index (κ2) is 20.0. The summed E-state index contributed by atoms with van der Waals surface area (Å²) in [7, 11) is 1.92. The van der Waals surface area contributed by atoms with Crippen LogP contribution in [0.1, 0.15) is 64.2 Å². The van der Waals surface area contributed by atoms with Gasteiger partial charge in [-0.15, -0.1) is 17.2 Å². The molecule has 2 saturated carbocycles. The van der Waals surface area contributed by atoms with E-state index in [2.05, 4.69) is 121 Å². The van der Waals surface area contributed by atoms with Gasteiger partial charge in [-0.25, -0.2) is 0 Å². The SMILES string of the molecule is C1CCC(PCCPC2CCCCC2)CC1.c1ccc(P(CCP(c2ccccc2)c2ccccc2)c2ccccc2)cc1. The Morgan fingerprint density at radius 3 is 0.932 bits per heavy atom. The summed E-state index contributed by atoms with van der Waals surface area (Å²) in [6.45, 7) is 0. The van der Waals surface area contributed by atoms with Crippen LogP contribution < -0.4 is 21.2 Å². The Balaban J connectivity index is 0.000000204. The van der Waals surface area contributed by atoms with Crippen molar-refractivity contribution in [1.29, 1.82) is 0 Å². The number of hydrogen-bond acceptors (Lipinski definition) is 0. The van der Waals surface area contributed by atoms with Crippen molar-refractivity contribution < 1.29 is 0 Å². The molecule has 4 aromatic rings. The minimum absolute atomic E-state index is 0.348. The summed E-state index contributed by atoms with van der Waals surface area (Å²) < 4.78 is 0. The van der Waals surface area contributed by atoms with Crippen LogP contribution in [0.15, 0.2) is 121 Å². The van der Waals surface area contributed by atoms with E-state index in [-0.39, 0.29) is 15.8 Å². The van der Waals surface area contributed by atoms with E-state index < -0.39 is 0 Å². The molecular formula is C40H52P4. The van der Waals surface area contributed by atoms with Crippen LogP contribution in [-0.2, 0) is 0 Å². The van der Waals surface area contributed by atoms with Crippen LogP contribution >= 0.6 is 33.0 Å². The highest BCUT2D eigenvalue weighted by Crippen LogP contribution is 2.41. The molecule has 0 heterocycles. The van der Waals surface area contributed by atoms with Gasteiger partial charge >= 0.3 is 0 Å². The molecule has 0 aliphatic heterocycles. The molecule has 0 N–H and O–H groups in total. The molecule has 2 unspecified atom stereocenters. The first kappa shape index (κ1) is 33.9. The summed E-state index contributed by atoms with van der Waals surface area (Å²) in [4.78, 5) is 0. The third-order valence-corrected chi connectivity index (χ3v) is 18.3. The minimum atomic E-state index is -0.348. The first-order valence-electron chi connectivity index (χ1n) is 17.1. The van der Waals surface area contributed by atoms with E-state index in [1.165, 1.54) is 89.2 Å². The molecule has 232 valence electrons. The molecule has 0 saturated heterocycles. The summed E-state index contributed by atoms with van der Waals surface area (Å²) in [6, 6.07) is 44.2. The number of benzene rings is 4. The fourth-order valence-electron chi connectivity index (χ4n) is 6.61. The van der Waals surface area contributed by atoms with E-state index in [9.17, 15) is 0 Å². The normalized spacial score (nSPS) is 16.6. The van der Waals surface area contributed by atoms with Gasteiger partial charge < -0.3 is 0 Å². The summed E-state index contributed by atoms with van der Waals surface area (Å²) in [5, 5.41) is 5.89. The molecule has 2 aliphatic carbocycles. The van der Waals surface area contributed by atoms with Crippen molar-refractivity contribution in [2.75, 3.05) is 24.6 Å². The van der Waals surface area contributed by atoms with Crippen LogP contribution in [-0.4, -0.2) is 36.0 Å². The van der Waals surface area contributed by atoms with E-state index in [0.29, 0.717) is 0 Å². The van der Waals surface area contributed by atoms with Crippen molar-refractivity contribution >= 4 is 54.2 Å². The Labute approximate surface area is 274 Å². The van der Waals surface area contributed by atoms with Crippen LogP contribution in [0.4, 0.5) is 0 Å². The fraction of sp³-hybridized carbons (Fsp3) is 0.400. The maximum Gasteiger partial charge on any atom is -0.0195 e. The second-order valence-corrected chi connectivity index (χ2v) is 20.3. The molecule has 0 aromatic heterocycles. The fourth-order valence-corrected chi connectivity index (χ4v) is 15.6. The van der Waals surface area contributed by atoms with E-state index in [1.54, 1.807) is 38.0 Å². The first-order chi connectivity index (χ1) is 21.9. The van der Waals surface area contributed by atoms with Crippen molar-refractivity contribution in [3.8, 4) is 0 Å². The van der Waals surface area contributed by atoms with Gasteiger partial charge in [-0.1, -0.05) is 160 Å². The van der Waals surface area contributed by atoms with Crippen molar-refractivity contribution in [2.45, 2.75) is 75.5 Å². The summed E-state index contributed by atoms with van der Waals surface area (Å²) in [5.74, 6) is 0. The second-order valence-electron chi connectivity index (χ2n) is 12.2. The third kappa shape index (κ3) is 11.4. The molecule has 6 rings (SSSR count). The maximum absolute atomic E-state index is 2.30. The van der Waals surface area contributed by atoms with Gasteiger partial charge in [0, 0.05) is 0 Å². The average Bonchev–Trinajstić information content (AvgIpc) is 3.11. The van der Waals surface area contributed by atoms with Crippen molar-refractivity contribution in [1.82, 2.24) is 0 Å². The standard InChI is InChI=1S/C26H24P2.C14H28P2/c1-5-13-23(14-6-1)27(24-15-7-2-8-16-24)21-22-28(25-17-9-3-10-18-25)26-19-11-4-12-20-26;1-3-7-13(8-4-1)15-11-12-16-14-9-5-2-6-10-14/h1-20H,21-22H2;13-16H,1-12H2. The van der Waals surface area contributed by atoms with E-state index in [1.807, 2.05) is 0 Å². The molecule has 0 bridgehead atoms. The first-order valence-corrected chi connectivity index (χ1v) is 22.7. The zero-order valence-corrected chi connectivity index (χ0v) is 30.3. The Hall–Kier alpha value is -1.40. The highest BCUT2D eigenvalue weighted by atomic mass is 31.1. The van der Waals surface area contributed by atoms with Gasteiger partial charge in [-0.2, -0.15) is 0 Å². The maximum atomic E-state index is 2.30. The molecular weight excluding hydrogens is 604 g/mol. The zero-order valence-electron chi connectivity index (χ0n) is 26.5. The lowest BCUT2D eigenvalue weighted by Gasteiger charge is -2.24. The lowest BCUT2D eigenvalue weighted by molar-refractivity contribution is 0.512. The van der Waals surface area contributed by atoms with Gasteiger partial charge in [0.05, 0.1) is 0 Å². The van der Waals surface area contributed by atoms with Gasteiger partial charge in [0.25, 0.3) is 0 Å². The Kier molecular flexibility index (Phi) is 15.4. The third-order valence-electron chi connectivity index (χ3n) is 9.02. The highest BCUT2D eigenvalue weighted by molar-refractivity contribution is 7.76. The molecule has 0 spiro atoms. The van der Waals surface area contributed by atoms with Crippen LogP contribution in [0.3, 0.4) is 0 Å². The quantitative estimate of drug-likeness (QED) is 0.105. The molecule has 4 heteroatoms. The van der Waals surface area contributed by atoms with E-state index in [0.717, 1.165) is 11.3 Å². The van der Waals surface area contributed by atoms with Crippen LogP contribution in [0, 0.1) is 0 Å². The smallest absolute Gasteiger partial charge is 0.0195 e. The molecule has 2 fully saturated rings. The van der Waals surface area contributed by atoms with Crippen molar-refractivity contribution in [3.63, 3.8) is 0 Å². The molecule has 0 radical (unpaired) electrons. The summed E-state index contributed by atoms with van der Waals surface area (Å²) >= 11 is 0. The Morgan fingerprint density at radius 1 is 0.386 bits per heavy atom. The van der Waals surface area contributed by atoms with Gasteiger partial charge in [-0.3, -0.25) is 0 Å².